The van der Waals surface area contributed by atoms with Gasteiger partial charge >= 0.3 is 6.09 Å². The molecule has 0 aliphatic carbocycles. The summed E-state index contributed by atoms with van der Waals surface area (Å²) in [4.78, 5) is 11.4. The SMILES string of the molecule is CC(C)(C)OC(=O)NCCC#Cc1ccc(Cl)c(CCl)c1. The van der Waals surface area contributed by atoms with Gasteiger partial charge in [0.05, 0.1) is 0 Å². The summed E-state index contributed by atoms with van der Waals surface area (Å²) in [6, 6.07) is 5.48. The first-order valence-corrected chi connectivity index (χ1v) is 7.53. The first kappa shape index (κ1) is 17.7. The summed E-state index contributed by atoms with van der Waals surface area (Å²) in [6.07, 6.45) is 0.109. The number of halogens is 2. The molecule has 21 heavy (non-hydrogen) atoms. The number of carbonyl (C=O) groups excluding carboxylic acids is 1. The second-order valence-electron chi connectivity index (χ2n) is 5.42. The van der Waals surface area contributed by atoms with E-state index in [9.17, 15) is 4.79 Å². The minimum absolute atomic E-state index is 0.356. The third-order valence-electron chi connectivity index (χ3n) is 2.34. The second-order valence-corrected chi connectivity index (χ2v) is 6.09. The molecular weight excluding hydrogens is 309 g/mol. The van der Waals surface area contributed by atoms with Crippen LogP contribution in [0, 0.1) is 11.8 Å². The molecule has 0 saturated heterocycles. The number of nitrogens with one attached hydrogen (secondary N) is 1. The standard InChI is InChI=1S/C16H19Cl2NO2/c1-16(2,3)21-15(20)19-9-5-4-6-12-7-8-14(18)13(10-12)11-17/h7-8,10H,5,9,11H2,1-3H3,(H,19,20). The Hall–Kier alpha value is -1.37. The number of hydrogen-bond acceptors (Lipinski definition) is 2. The average Bonchev–Trinajstić information content (AvgIpc) is 2.38. The van der Waals surface area contributed by atoms with Gasteiger partial charge in [0.25, 0.3) is 0 Å². The number of alkyl carbamates (subject to hydrolysis) is 1. The van der Waals surface area contributed by atoms with Gasteiger partial charge in [-0.1, -0.05) is 23.4 Å². The molecule has 0 atom stereocenters. The van der Waals surface area contributed by atoms with Crippen molar-refractivity contribution in [3.8, 4) is 11.8 Å². The first-order chi connectivity index (χ1) is 9.81. The van der Waals surface area contributed by atoms with Crippen LogP contribution in [0.1, 0.15) is 38.3 Å². The topological polar surface area (TPSA) is 38.3 Å². The summed E-state index contributed by atoms with van der Waals surface area (Å²) in [5, 5.41) is 3.29. The van der Waals surface area contributed by atoms with Gasteiger partial charge in [-0.15, -0.1) is 11.6 Å². The molecule has 0 unspecified atom stereocenters. The van der Waals surface area contributed by atoms with Crippen LogP contribution in [0.3, 0.4) is 0 Å². The lowest BCUT2D eigenvalue weighted by atomic mass is 10.1. The van der Waals surface area contributed by atoms with Crippen molar-refractivity contribution in [1.29, 1.82) is 0 Å². The van der Waals surface area contributed by atoms with Gasteiger partial charge in [-0.05, 0) is 44.5 Å². The molecule has 1 N–H and O–H groups in total. The normalized spacial score (nSPS) is 10.5. The van der Waals surface area contributed by atoms with Crippen LogP contribution in [0.25, 0.3) is 0 Å². The lowest BCUT2D eigenvalue weighted by Gasteiger charge is -2.19. The number of benzene rings is 1. The fourth-order valence-corrected chi connectivity index (χ4v) is 1.93. The molecule has 0 saturated carbocycles. The zero-order chi connectivity index (χ0) is 15.9. The van der Waals surface area contributed by atoms with E-state index in [4.69, 9.17) is 27.9 Å². The Morgan fingerprint density at radius 1 is 1.38 bits per heavy atom. The molecular formula is C16H19Cl2NO2. The van der Waals surface area contributed by atoms with Crippen LogP contribution >= 0.6 is 23.2 Å². The van der Waals surface area contributed by atoms with Gasteiger partial charge < -0.3 is 10.1 Å². The fourth-order valence-electron chi connectivity index (χ4n) is 1.46. The highest BCUT2D eigenvalue weighted by atomic mass is 35.5. The van der Waals surface area contributed by atoms with Crippen molar-refractivity contribution in [2.24, 2.45) is 0 Å². The molecule has 114 valence electrons. The average molecular weight is 328 g/mol. The Kier molecular flexibility index (Phi) is 6.87. The summed E-state index contributed by atoms with van der Waals surface area (Å²) < 4.78 is 5.12. The number of alkyl halides is 1. The zero-order valence-corrected chi connectivity index (χ0v) is 13.9. The maximum absolute atomic E-state index is 11.4. The van der Waals surface area contributed by atoms with E-state index < -0.39 is 11.7 Å². The van der Waals surface area contributed by atoms with Gasteiger partial charge in [-0.3, -0.25) is 0 Å². The lowest BCUT2D eigenvalue weighted by Crippen LogP contribution is -2.32. The van der Waals surface area contributed by atoms with Gasteiger partial charge in [-0.25, -0.2) is 4.79 Å². The summed E-state index contributed by atoms with van der Waals surface area (Å²) in [7, 11) is 0. The molecule has 0 aliphatic rings. The van der Waals surface area contributed by atoms with E-state index in [1.807, 2.05) is 32.9 Å². The predicted molar refractivity (Wildman–Crippen MR) is 86.7 cm³/mol. The molecule has 0 aliphatic heterocycles. The van der Waals surface area contributed by atoms with Crippen LogP contribution in [0.15, 0.2) is 18.2 Å². The highest BCUT2D eigenvalue weighted by Gasteiger charge is 2.15. The minimum atomic E-state index is -0.489. The molecule has 3 nitrogen and oxygen atoms in total. The molecule has 1 aromatic carbocycles. The first-order valence-electron chi connectivity index (χ1n) is 6.62. The highest BCUT2D eigenvalue weighted by molar-refractivity contribution is 6.32. The van der Waals surface area contributed by atoms with Crippen LogP contribution in [0.4, 0.5) is 4.79 Å². The van der Waals surface area contributed by atoms with Gasteiger partial charge in [0.15, 0.2) is 0 Å². The van der Waals surface area contributed by atoms with Crippen LogP contribution in [0.2, 0.25) is 5.02 Å². The van der Waals surface area contributed by atoms with Gasteiger partial charge in [-0.2, -0.15) is 0 Å². The van der Waals surface area contributed by atoms with Crippen molar-refractivity contribution in [3.05, 3.63) is 34.3 Å². The van der Waals surface area contributed by atoms with E-state index in [1.54, 1.807) is 6.07 Å². The van der Waals surface area contributed by atoms with Crippen LogP contribution in [-0.4, -0.2) is 18.2 Å². The third-order valence-corrected chi connectivity index (χ3v) is 3.00. The molecule has 0 heterocycles. The van der Waals surface area contributed by atoms with Crippen molar-refractivity contribution >= 4 is 29.3 Å². The Morgan fingerprint density at radius 3 is 2.71 bits per heavy atom. The maximum atomic E-state index is 11.4. The van der Waals surface area contributed by atoms with E-state index in [0.29, 0.717) is 23.9 Å². The number of ether oxygens (including phenoxy) is 1. The summed E-state index contributed by atoms with van der Waals surface area (Å²) in [5.41, 5.74) is 1.22. The Morgan fingerprint density at radius 2 is 2.10 bits per heavy atom. The van der Waals surface area contributed by atoms with Crippen molar-refractivity contribution in [1.82, 2.24) is 5.32 Å². The predicted octanol–water partition coefficient (Wildman–Crippen LogP) is 4.35. The minimum Gasteiger partial charge on any atom is -0.444 e. The molecule has 0 spiro atoms. The fraction of sp³-hybridized carbons (Fsp3) is 0.438. The molecule has 0 bridgehead atoms. The Labute approximate surface area is 136 Å². The van der Waals surface area contributed by atoms with E-state index in [2.05, 4.69) is 17.2 Å². The van der Waals surface area contributed by atoms with Crippen molar-refractivity contribution < 1.29 is 9.53 Å². The van der Waals surface area contributed by atoms with Crippen LogP contribution in [0.5, 0.6) is 0 Å². The smallest absolute Gasteiger partial charge is 0.407 e. The summed E-state index contributed by atoms with van der Waals surface area (Å²) in [5.74, 6) is 6.35. The Balaban J connectivity index is 2.42. The highest BCUT2D eigenvalue weighted by Crippen LogP contribution is 2.18. The number of rotatable bonds is 3. The van der Waals surface area contributed by atoms with Crippen molar-refractivity contribution in [2.45, 2.75) is 38.7 Å². The van der Waals surface area contributed by atoms with Gasteiger partial charge in [0.1, 0.15) is 5.60 Å². The van der Waals surface area contributed by atoms with Gasteiger partial charge in [0, 0.05) is 29.4 Å². The van der Waals surface area contributed by atoms with Crippen molar-refractivity contribution in [2.75, 3.05) is 6.54 Å². The number of hydrogen-bond donors (Lipinski definition) is 1. The van der Waals surface area contributed by atoms with E-state index in [1.165, 1.54) is 0 Å². The molecule has 1 rings (SSSR count). The molecule has 1 amide bonds. The number of amides is 1. The second kappa shape index (κ2) is 8.17. The van der Waals surface area contributed by atoms with Crippen molar-refractivity contribution in [3.63, 3.8) is 0 Å². The van der Waals surface area contributed by atoms with Gasteiger partial charge in [0.2, 0.25) is 0 Å². The van der Waals surface area contributed by atoms with Crippen LogP contribution in [-0.2, 0) is 10.6 Å². The maximum Gasteiger partial charge on any atom is 0.407 e. The Bertz CT molecular complexity index is 554. The van der Waals surface area contributed by atoms with E-state index >= 15 is 0 Å². The molecule has 0 fully saturated rings. The number of carbonyl (C=O) groups is 1. The summed E-state index contributed by atoms with van der Waals surface area (Å²) in [6.45, 7) is 5.90. The molecule has 0 radical (unpaired) electrons. The molecule has 5 heteroatoms. The largest absolute Gasteiger partial charge is 0.444 e. The quantitative estimate of drug-likeness (QED) is 0.509. The molecule has 1 aromatic rings. The lowest BCUT2D eigenvalue weighted by molar-refractivity contribution is 0.0529. The van der Waals surface area contributed by atoms with Crippen LogP contribution < -0.4 is 5.32 Å². The monoisotopic (exact) mass is 327 g/mol. The third kappa shape index (κ3) is 7.27. The van der Waals surface area contributed by atoms with E-state index in [-0.39, 0.29) is 0 Å². The summed E-state index contributed by atoms with van der Waals surface area (Å²) >= 11 is 11.8. The van der Waals surface area contributed by atoms with E-state index in [0.717, 1.165) is 11.1 Å². The molecule has 0 aromatic heterocycles. The zero-order valence-electron chi connectivity index (χ0n) is 12.4.